The van der Waals surface area contributed by atoms with Crippen LogP contribution in [0.15, 0.2) is 113 Å². The topological polar surface area (TPSA) is 0 Å². The first-order chi connectivity index (χ1) is 29.8. The van der Waals surface area contributed by atoms with Crippen molar-refractivity contribution in [3.63, 3.8) is 0 Å². The first kappa shape index (κ1) is 137. The molecule has 2 atom stereocenters. The van der Waals surface area contributed by atoms with Crippen LogP contribution in [0.1, 0.15) is 201 Å². The molecule has 0 nitrogen and oxygen atoms in total. The molecule has 0 heterocycles. The Morgan fingerprint density at radius 2 is 0.648 bits per heavy atom. The Bertz CT molecular complexity index is 860. The van der Waals surface area contributed by atoms with Crippen molar-refractivity contribution in [2.75, 3.05) is 0 Å². The molecule has 0 saturated heterocycles. The summed E-state index contributed by atoms with van der Waals surface area (Å²) in [6.07, 6.45) is 35.7. The van der Waals surface area contributed by atoms with Gasteiger partial charge in [0.1, 0.15) is 0 Å². The van der Waals surface area contributed by atoms with Crippen LogP contribution in [-0.4, -0.2) is 0 Å². The van der Waals surface area contributed by atoms with E-state index < -0.39 is 0 Å². The number of hydrogen-bond donors (Lipinski definition) is 0. The summed E-state index contributed by atoms with van der Waals surface area (Å²) in [5.74, 6) is 1.59. The Hall–Kier alpha value is 5.45. The van der Waals surface area contributed by atoms with Crippen LogP contribution in [-0.2, 0) is 262 Å². The largest absolute Gasteiger partial charge is 0.532 e. The van der Waals surface area contributed by atoms with Crippen molar-refractivity contribution in [3.8, 4) is 0 Å². The summed E-state index contributed by atoms with van der Waals surface area (Å²) in [7, 11) is 0. The second-order valence-electron chi connectivity index (χ2n) is 12.4. The Morgan fingerprint density at radius 1 is 0.465 bits per heavy atom. The molecule has 0 bridgehead atoms. The minimum atomic E-state index is 0. The molecule has 8 radical (unpaired) electrons. The summed E-state index contributed by atoms with van der Waals surface area (Å²) < 4.78 is 0. The van der Waals surface area contributed by atoms with Crippen LogP contribution < -0.4 is 0 Å². The van der Waals surface area contributed by atoms with Crippen LogP contribution in [0.5, 0.6) is 0 Å². The SMILES string of the molecule is C.C1CCCCC1.C=[C-]C(C)C.C=[C-]C(C)C.C=[C-]C([CH2-])C.C=[C-]C([CH2-])C.C=[C-]CC.C=[C-]CC.C=[C-]c1ccccc1.CC.CC.CC.CC.[CH2-]CCC[CH-]C.[Y].[Y].[Y].[Y].[Y].[Y].[Y].[Y].c1ccccc1. The summed E-state index contributed by atoms with van der Waals surface area (Å²) in [6.45, 7) is 68.9. The zero-order valence-electron chi connectivity index (χ0n) is 49.7. The van der Waals surface area contributed by atoms with Gasteiger partial charge in [-0.2, -0.15) is 74.8 Å². The maximum Gasteiger partial charge on any atom is 0 e. The molecule has 0 N–H and O–H groups in total. The summed E-state index contributed by atoms with van der Waals surface area (Å²) in [5, 5.41) is 0. The summed E-state index contributed by atoms with van der Waals surface area (Å²) >= 11 is 0. The van der Waals surface area contributed by atoms with Crippen molar-refractivity contribution in [1.29, 1.82) is 0 Å². The summed E-state index contributed by atoms with van der Waals surface area (Å²) in [5.41, 5.74) is 1.05. The van der Waals surface area contributed by atoms with Gasteiger partial charge in [-0.1, -0.05) is 185 Å². The van der Waals surface area contributed by atoms with Gasteiger partial charge in [-0.25, -0.2) is 0 Å². The molecule has 0 spiro atoms. The van der Waals surface area contributed by atoms with E-state index in [4.69, 9.17) is 0 Å². The molecule has 0 aromatic heterocycles. The van der Waals surface area contributed by atoms with Gasteiger partial charge >= 0.3 is 0 Å². The maximum absolute atomic E-state index is 3.70. The fraction of sp³-hybridized carbons (Fsp3) is 0.524. The van der Waals surface area contributed by atoms with Crippen LogP contribution in [0.2, 0.25) is 0 Å². The number of allylic oxidation sites excluding steroid dienone is 6. The molecule has 2 aromatic rings. The van der Waals surface area contributed by atoms with Crippen LogP contribution in [0.25, 0.3) is 0 Å². The Kier molecular flexibility index (Phi) is 316. The second-order valence-corrected chi connectivity index (χ2v) is 12.4. The average molecular weight is 1580 g/mol. The molecule has 1 fully saturated rings. The smallest absolute Gasteiger partial charge is 0 e. The van der Waals surface area contributed by atoms with E-state index in [2.05, 4.69) is 123 Å². The second kappa shape index (κ2) is 164. The van der Waals surface area contributed by atoms with Gasteiger partial charge in [0.15, 0.2) is 0 Å². The quantitative estimate of drug-likeness (QED) is 0.164. The van der Waals surface area contributed by atoms with E-state index in [-0.39, 0.29) is 281 Å². The molecule has 2 aromatic carbocycles. The van der Waals surface area contributed by atoms with Gasteiger partial charge in [0.05, 0.1) is 0 Å². The third-order valence-electron chi connectivity index (χ3n) is 5.90. The van der Waals surface area contributed by atoms with E-state index in [1.165, 1.54) is 51.4 Å². The molecule has 1 saturated carbocycles. The van der Waals surface area contributed by atoms with Gasteiger partial charge in [0.2, 0.25) is 0 Å². The van der Waals surface area contributed by atoms with Crippen molar-refractivity contribution in [2.24, 2.45) is 23.7 Å². The fourth-order valence-electron chi connectivity index (χ4n) is 2.35. The van der Waals surface area contributed by atoms with Gasteiger partial charge in [-0.15, -0.1) is 32.4 Å². The molecular formula is C63H113Y8-11. The number of unbranched alkanes of at least 4 members (excludes halogenated alkanes) is 3. The van der Waals surface area contributed by atoms with E-state index in [9.17, 15) is 0 Å². The molecule has 1 aliphatic carbocycles. The van der Waals surface area contributed by atoms with Crippen molar-refractivity contribution < 1.29 is 262 Å². The van der Waals surface area contributed by atoms with Gasteiger partial charge in [0, 0.05) is 262 Å². The van der Waals surface area contributed by atoms with Gasteiger partial charge in [-0.05, 0) is 0 Å². The van der Waals surface area contributed by atoms with Gasteiger partial charge in [-0.3, -0.25) is 39.5 Å². The van der Waals surface area contributed by atoms with Crippen LogP contribution in [0, 0.1) is 93.4 Å². The number of benzene rings is 2. The van der Waals surface area contributed by atoms with Crippen LogP contribution in [0.3, 0.4) is 0 Å². The maximum atomic E-state index is 3.70. The minimum absolute atomic E-state index is 0. The average Bonchev–Trinajstić information content (AvgIpc) is 3.36. The monoisotopic (exact) mass is 1580 g/mol. The normalized spacial score (nSPS) is 8.65. The fourth-order valence-corrected chi connectivity index (χ4v) is 2.35. The van der Waals surface area contributed by atoms with Crippen LogP contribution in [0.4, 0.5) is 0 Å². The van der Waals surface area contributed by atoms with Crippen molar-refractivity contribution in [1.82, 2.24) is 0 Å². The standard InChI is InChI=1S/C8H7.C6H12.C6H6.C6H12.2C5H9.2C5H8.2C4H7.4C2H6.CH4.8Y/c1-2-8-6-4-3-5-7-8;2*1-2-4-6-5-3-1;1-3-5-6-4-2;4*1-4-5(2)3;2*1-3-4-2;4*1-2;;;;;;;;;/h3-7H,1H2;1-6H2;1-6H;4H,1,3,5-6H2,2H3;2*5H,1H2,2-3H3;2*5H,1-2H2,3H3;2*1,4H2,2H3;4*1-2H3;1H4;;;;;;;;/q-1;;;-2;2*-1;2*-2;2*-1;;;;;;;;;;;;;. The van der Waals surface area contributed by atoms with Gasteiger partial charge in [0.25, 0.3) is 0 Å². The number of rotatable bonds is 10. The van der Waals surface area contributed by atoms with E-state index in [0.717, 1.165) is 24.8 Å². The Labute approximate surface area is 656 Å². The number of hydrogen-bond acceptors (Lipinski definition) is 0. The minimum Gasteiger partial charge on any atom is -0.532 e. The molecule has 3 rings (SSSR count). The van der Waals surface area contributed by atoms with Crippen molar-refractivity contribution in [3.05, 3.63) is 188 Å². The first-order valence-electron chi connectivity index (χ1n) is 23.7. The van der Waals surface area contributed by atoms with Crippen LogP contribution >= 0.6 is 0 Å². The zero-order chi connectivity index (χ0) is 51.1. The van der Waals surface area contributed by atoms with E-state index in [1.54, 1.807) is 0 Å². The Morgan fingerprint density at radius 3 is 0.732 bits per heavy atom. The summed E-state index contributed by atoms with van der Waals surface area (Å²) in [6, 6.07) is 21.8. The molecule has 1 aliphatic rings. The summed E-state index contributed by atoms with van der Waals surface area (Å²) in [4.78, 5) is 0. The Balaban J connectivity index is -0.0000000221. The predicted molar refractivity (Wildman–Crippen MR) is 302 cm³/mol. The van der Waals surface area contributed by atoms with E-state index in [0.29, 0.717) is 11.8 Å². The van der Waals surface area contributed by atoms with Gasteiger partial charge < -0.3 is 75.5 Å². The molecule has 2 unspecified atom stereocenters. The zero-order valence-corrected chi connectivity index (χ0v) is 72.4. The molecule has 400 valence electrons. The molecule has 0 aliphatic heterocycles. The molecule has 71 heavy (non-hydrogen) atoms. The third-order valence-corrected chi connectivity index (χ3v) is 5.90. The third kappa shape index (κ3) is 249. The molecule has 8 heteroatoms. The van der Waals surface area contributed by atoms with E-state index >= 15 is 0 Å². The van der Waals surface area contributed by atoms with Crippen molar-refractivity contribution in [2.45, 2.75) is 196 Å². The first-order valence-corrected chi connectivity index (χ1v) is 23.7. The molecular weight excluding hydrogens is 1470 g/mol. The van der Waals surface area contributed by atoms with Crippen molar-refractivity contribution >= 4 is 0 Å². The van der Waals surface area contributed by atoms with E-state index in [1.807, 2.05) is 178 Å². The molecule has 0 amide bonds. The predicted octanol–water partition coefficient (Wildman–Crippen LogP) is 21.9.